The molecule has 0 N–H and O–H groups in total. The van der Waals surface area contributed by atoms with Crippen LogP contribution in [0.5, 0.6) is 0 Å². The molecule has 1 aromatic rings. The van der Waals surface area contributed by atoms with E-state index < -0.39 is 0 Å². The highest BCUT2D eigenvalue weighted by atomic mass is 79.9. The molecule has 5 heteroatoms. The number of amides is 1. The summed E-state index contributed by atoms with van der Waals surface area (Å²) in [4.78, 5) is 15.3. The van der Waals surface area contributed by atoms with E-state index in [9.17, 15) is 4.79 Å². The fraction of sp³-hybridized carbons (Fsp3) is 0.583. The molecule has 2 nitrogen and oxygen atoms in total. The highest BCUT2D eigenvalue weighted by Gasteiger charge is 2.33. The summed E-state index contributed by atoms with van der Waals surface area (Å²) < 4.78 is 1.96. The molecule has 0 unspecified atom stereocenters. The highest BCUT2D eigenvalue weighted by Crippen LogP contribution is 2.35. The molecular weight excluding hydrogens is 366 g/mol. The van der Waals surface area contributed by atoms with Crippen molar-refractivity contribution in [3.63, 3.8) is 0 Å². The van der Waals surface area contributed by atoms with Gasteiger partial charge in [0.05, 0.1) is 8.66 Å². The van der Waals surface area contributed by atoms with E-state index >= 15 is 0 Å². The van der Waals surface area contributed by atoms with Gasteiger partial charge in [-0.1, -0.05) is 13.3 Å². The first-order chi connectivity index (χ1) is 8.13. The summed E-state index contributed by atoms with van der Waals surface area (Å²) in [5.41, 5.74) is 0. The Labute approximate surface area is 123 Å². The fourth-order valence-corrected chi connectivity index (χ4v) is 3.75. The van der Waals surface area contributed by atoms with Crippen LogP contribution in [0.2, 0.25) is 0 Å². The number of rotatable bonds is 5. The van der Waals surface area contributed by atoms with Gasteiger partial charge in [0.25, 0.3) is 5.91 Å². The van der Waals surface area contributed by atoms with Gasteiger partial charge in [0.2, 0.25) is 0 Å². The van der Waals surface area contributed by atoms with Crippen molar-refractivity contribution >= 4 is 49.1 Å². The van der Waals surface area contributed by atoms with Crippen molar-refractivity contribution in [3.05, 3.63) is 19.2 Å². The zero-order chi connectivity index (χ0) is 12.4. The first-order valence-corrected chi connectivity index (χ1v) is 8.29. The van der Waals surface area contributed by atoms with Crippen molar-refractivity contribution in [2.24, 2.45) is 0 Å². The van der Waals surface area contributed by atoms with Crippen LogP contribution in [-0.4, -0.2) is 23.4 Å². The van der Waals surface area contributed by atoms with Crippen LogP contribution in [0.3, 0.4) is 0 Å². The van der Waals surface area contributed by atoms with E-state index in [-0.39, 0.29) is 5.91 Å². The van der Waals surface area contributed by atoms with E-state index in [1.807, 2.05) is 11.0 Å². The molecule has 0 bridgehead atoms. The molecule has 0 aromatic carbocycles. The summed E-state index contributed by atoms with van der Waals surface area (Å²) in [5.74, 6) is 0.192. The molecule has 17 heavy (non-hydrogen) atoms. The summed E-state index contributed by atoms with van der Waals surface area (Å²) >= 11 is 8.38. The topological polar surface area (TPSA) is 20.3 Å². The molecule has 1 aliphatic rings. The SMILES string of the molecule is CCCCN(C(=O)c1cc(Br)c(Br)s1)C1CC1. The lowest BCUT2D eigenvalue weighted by atomic mass is 10.3. The molecule has 0 radical (unpaired) electrons. The number of halogens is 2. The maximum Gasteiger partial charge on any atom is 0.264 e. The van der Waals surface area contributed by atoms with Crippen LogP contribution in [0.1, 0.15) is 42.3 Å². The van der Waals surface area contributed by atoms with Crippen LogP contribution in [0.15, 0.2) is 14.3 Å². The molecule has 1 aliphatic carbocycles. The number of hydrogen-bond acceptors (Lipinski definition) is 2. The Bertz CT molecular complexity index is 395. The minimum atomic E-state index is 0.192. The summed E-state index contributed by atoms with van der Waals surface area (Å²) in [6.45, 7) is 3.06. The lowest BCUT2D eigenvalue weighted by molar-refractivity contribution is 0.0745. The highest BCUT2D eigenvalue weighted by molar-refractivity contribution is 9.13. The molecular formula is C12H15Br2NOS. The second kappa shape index (κ2) is 5.85. The van der Waals surface area contributed by atoms with E-state index in [1.165, 1.54) is 24.2 Å². The molecule has 1 heterocycles. The third-order valence-electron chi connectivity index (χ3n) is 2.86. The number of nitrogens with zero attached hydrogens (tertiary/aromatic N) is 1. The molecule has 0 saturated heterocycles. The molecule has 1 fully saturated rings. The van der Waals surface area contributed by atoms with Gasteiger partial charge in [0, 0.05) is 17.1 Å². The van der Waals surface area contributed by atoms with Crippen molar-refractivity contribution in [3.8, 4) is 0 Å². The Morgan fingerprint density at radius 1 is 1.53 bits per heavy atom. The lowest BCUT2D eigenvalue weighted by Crippen LogP contribution is -2.33. The van der Waals surface area contributed by atoms with Crippen LogP contribution in [0, 0.1) is 0 Å². The first-order valence-electron chi connectivity index (χ1n) is 5.89. The minimum Gasteiger partial charge on any atom is -0.335 e. The average molecular weight is 381 g/mol. The molecule has 0 aliphatic heterocycles. The number of thiophene rings is 1. The van der Waals surface area contributed by atoms with E-state index in [2.05, 4.69) is 38.8 Å². The molecule has 2 rings (SSSR count). The van der Waals surface area contributed by atoms with Gasteiger partial charge in [-0.25, -0.2) is 0 Å². The fourth-order valence-electron chi connectivity index (χ4n) is 1.76. The van der Waals surface area contributed by atoms with Crippen LogP contribution < -0.4 is 0 Å². The Balaban J connectivity index is 2.09. The molecule has 1 amide bonds. The van der Waals surface area contributed by atoms with Crippen LogP contribution in [-0.2, 0) is 0 Å². The summed E-state index contributed by atoms with van der Waals surface area (Å²) in [6.07, 6.45) is 4.57. The van der Waals surface area contributed by atoms with Crippen LogP contribution in [0.4, 0.5) is 0 Å². The summed E-state index contributed by atoms with van der Waals surface area (Å²) in [7, 11) is 0. The standard InChI is InChI=1S/C12H15Br2NOS/c1-2-3-6-15(8-4-5-8)12(16)10-7-9(13)11(14)17-10/h7-8H,2-6H2,1H3. The Hall–Kier alpha value is 0.130. The normalized spacial score (nSPS) is 15.0. The smallest absolute Gasteiger partial charge is 0.264 e. The molecule has 1 aromatic heterocycles. The summed E-state index contributed by atoms with van der Waals surface area (Å²) in [5, 5.41) is 0. The average Bonchev–Trinajstić information content (AvgIpc) is 3.07. The predicted molar refractivity (Wildman–Crippen MR) is 78.7 cm³/mol. The summed E-state index contributed by atoms with van der Waals surface area (Å²) in [6, 6.07) is 2.41. The number of unbranched alkanes of at least 4 members (excludes halogenated alkanes) is 1. The van der Waals surface area contributed by atoms with Gasteiger partial charge in [-0.05, 0) is 57.2 Å². The second-order valence-corrected chi connectivity index (χ2v) is 7.54. The van der Waals surface area contributed by atoms with Gasteiger partial charge in [0.15, 0.2) is 0 Å². The monoisotopic (exact) mass is 379 g/mol. The molecule has 0 spiro atoms. The number of carbonyl (C=O) groups is 1. The third kappa shape index (κ3) is 3.32. The van der Waals surface area contributed by atoms with Gasteiger partial charge < -0.3 is 4.90 Å². The second-order valence-electron chi connectivity index (χ2n) is 4.32. The lowest BCUT2D eigenvalue weighted by Gasteiger charge is -2.21. The van der Waals surface area contributed by atoms with Crippen molar-refractivity contribution in [1.29, 1.82) is 0 Å². The van der Waals surface area contributed by atoms with Crippen LogP contribution in [0.25, 0.3) is 0 Å². The van der Waals surface area contributed by atoms with Gasteiger partial charge in [0.1, 0.15) is 0 Å². The Morgan fingerprint density at radius 3 is 2.71 bits per heavy atom. The number of hydrogen-bond donors (Lipinski definition) is 0. The minimum absolute atomic E-state index is 0.192. The van der Waals surface area contributed by atoms with Gasteiger partial charge in [-0.3, -0.25) is 4.79 Å². The predicted octanol–water partition coefficient (Wildman–Crippen LogP) is 4.68. The van der Waals surface area contributed by atoms with Gasteiger partial charge in [-0.15, -0.1) is 11.3 Å². The first kappa shape index (κ1) is 13.6. The van der Waals surface area contributed by atoms with E-state index in [0.717, 1.165) is 32.5 Å². The quantitative estimate of drug-likeness (QED) is 0.726. The largest absolute Gasteiger partial charge is 0.335 e. The Kier molecular flexibility index (Phi) is 4.66. The van der Waals surface area contributed by atoms with Crippen LogP contribution >= 0.6 is 43.2 Å². The van der Waals surface area contributed by atoms with Crippen molar-refractivity contribution in [2.75, 3.05) is 6.54 Å². The maximum absolute atomic E-state index is 12.4. The molecule has 94 valence electrons. The number of carbonyl (C=O) groups excluding carboxylic acids is 1. The molecule has 1 saturated carbocycles. The van der Waals surface area contributed by atoms with E-state index in [4.69, 9.17) is 0 Å². The zero-order valence-electron chi connectivity index (χ0n) is 9.71. The zero-order valence-corrected chi connectivity index (χ0v) is 13.7. The maximum atomic E-state index is 12.4. The van der Waals surface area contributed by atoms with E-state index in [0.29, 0.717) is 6.04 Å². The Morgan fingerprint density at radius 2 is 2.24 bits per heavy atom. The molecule has 0 atom stereocenters. The van der Waals surface area contributed by atoms with E-state index in [1.54, 1.807) is 0 Å². The van der Waals surface area contributed by atoms with Crippen molar-refractivity contribution in [1.82, 2.24) is 4.90 Å². The third-order valence-corrected chi connectivity index (χ3v) is 6.10. The van der Waals surface area contributed by atoms with Crippen molar-refractivity contribution < 1.29 is 4.79 Å². The van der Waals surface area contributed by atoms with Crippen molar-refractivity contribution in [2.45, 2.75) is 38.6 Å². The van der Waals surface area contributed by atoms with Gasteiger partial charge in [-0.2, -0.15) is 0 Å². The van der Waals surface area contributed by atoms with Gasteiger partial charge >= 0.3 is 0 Å².